The van der Waals surface area contributed by atoms with Crippen molar-refractivity contribution in [3.63, 3.8) is 0 Å². The second-order valence-corrected chi connectivity index (χ2v) is 5.98. The molecule has 0 bridgehead atoms. The van der Waals surface area contributed by atoms with E-state index in [1.54, 1.807) is 43.6 Å². The highest BCUT2D eigenvalue weighted by atomic mass is 16.6. The number of rotatable bonds is 5. The van der Waals surface area contributed by atoms with Gasteiger partial charge in [0.15, 0.2) is 0 Å². The number of pyridine rings is 1. The Morgan fingerprint density at radius 1 is 1.07 bits per heavy atom. The molecule has 0 saturated heterocycles. The summed E-state index contributed by atoms with van der Waals surface area (Å²) in [4.78, 5) is 37.3. The number of nitrogens with zero attached hydrogens (tertiary/aromatic N) is 3. The zero-order chi connectivity index (χ0) is 19.4. The second-order valence-electron chi connectivity index (χ2n) is 5.98. The summed E-state index contributed by atoms with van der Waals surface area (Å²) in [5, 5.41) is 10.9. The first-order chi connectivity index (χ1) is 13.0. The smallest absolute Gasteiger partial charge is 0.269 e. The molecule has 0 spiro atoms. The summed E-state index contributed by atoms with van der Waals surface area (Å²) in [6, 6.07) is 18.2. The molecule has 1 aromatic heterocycles. The lowest BCUT2D eigenvalue weighted by Crippen LogP contribution is -2.34. The Labute approximate surface area is 155 Å². The van der Waals surface area contributed by atoms with Gasteiger partial charge in [-0.3, -0.25) is 19.7 Å². The molecule has 0 radical (unpaired) electrons. The predicted molar refractivity (Wildman–Crippen MR) is 102 cm³/mol. The van der Waals surface area contributed by atoms with E-state index in [0.717, 1.165) is 0 Å². The molecule has 0 N–H and O–H groups in total. The summed E-state index contributed by atoms with van der Waals surface area (Å²) in [6.07, 6.45) is 1.56. The lowest BCUT2D eigenvalue weighted by atomic mass is 10.2. The van der Waals surface area contributed by atoms with E-state index in [4.69, 9.17) is 0 Å². The van der Waals surface area contributed by atoms with Crippen LogP contribution in [0.25, 0.3) is 0 Å². The van der Waals surface area contributed by atoms with Gasteiger partial charge in [-0.1, -0.05) is 30.3 Å². The number of non-ortho nitro benzene ring substituents is 1. The van der Waals surface area contributed by atoms with Crippen LogP contribution in [0, 0.1) is 10.1 Å². The van der Waals surface area contributed by atoms with Crippen LogP contribution in [0.3, 0.4) is 0 Å². The fourth-order valence-electron chi connectivity index (χ4n) is 2.74. The number of carbonyl (C=O) groups is 1. The Kier molecular flexibility index (Phi) is 5.12. The van der Waals surface area contributed by atoms with Gasteiger partial charge >= 0.3 is 0 Å². The number of nitro groups is 1. The molecule has 0 aliphatic heterocycles. The molecule has 0 aliphatic carbocycles. The summed E-state index contributed by atoms with van der Waals surface area (Å²) in [7, 11) is 1.61. The van der Waals surface area contributed by atoms with Crippen LogP contribution in [-0.4, -0.2) is 22.4 Å². The van der Waals surface area contributed by atoms with Crippen LogP contribution < -0.4 is 10.5 Å². The van der Waals surface area contributed by atoms with E-state index in [2.05, 4.69) is 0 Å². The highest BCUT2D eigenvalue weighted by Crippen LogP contribution is 2.15. The fraction of sp³-hybridized carbons (Fsp3) is 0.100. The summed E-state index contributed by atoms with van der Waals surface area (Å²) in [5.74, 6) is -0.417. The molecule has 7 nitrogen and oxygen atoms in total. The lowest BCUT2D eigenvalue weighted by molar-refractivity contribution is -0.384. The number of benzene rings is 2. The molecular formula is C20H17N3O4. The van der Waals surface area contributed by atoms with Gasteiger partial charge in [-0.2, -0.15) is 0 Å². The molecule has 3 rings (SSSR count). The highest BCUT2D eigenvalue weighted by Gasteiger charge is 2.18. The molecule has 3 aromatic rings. The van der Waals surface area contributed by atoms with E-state index >= 15 is 0 Å². The van der Waals surface area contributed by atoms with Gasteiger partial charge < -0.3 is 9.47 Å². The summed E-state index contributed by atoms with van der Waals surface area (Å²) < 4.78 is 1.37. The SMILES string of the molecule is CN(C(=O)c1cccn(Cc2cccc([N+](=O)[O-])c2)c1=O)c1ccccc1. The van der Waals surface area contributed by atoms with Crippen LogP contribution in [0.5, 0.6) is 0 Å². The van der Waals surface area contributed by atoms with Crippen molar-refractivity contribution in [3.8, 4) is 0 Å². The quantitative estimate of drug-likeness (QED) is 0.515. The van der Waals surface area contributed by atoms with Gasteiger partial charge in [0.05, 0.1) is 11.5 Å². The van der Waals surface area contributed by atoms with E-state index < -0.39 is 16.4 Å². The molecule has 27 heavy (non-hydrogen) atoms. The average molecular weight is 363 g/mol. The molecule has 0 saturated carbocycles. The van der Waals surface area contributed by atoms with Crippen molar-refractivity contribution >= 4 is 17.3 Å². The molecular weight excluding hydrogens is 346 g/mol. The first kappa shape index (κ1) is 18.1. The second kappa shape index (κ2) is 7.65. The molecule has 0 atom stereocenters. The first-order valence-electron chi connectivity index (χ1n) is 8.23. The standard InChI is InChI=1S/C20H17N3O4/c1-21(16-8-3-2-4-9-16)19(24)18-11-6-12-22(20(18)25)14-15-7-5-10-17(13-15)23(26)27/h2-13H,14H2,1H3. The Hall–Kier alpha value is -3.74. The van der Waals surface area contributed by atoms with Crippen LogP contribution in [0.2, 0.25) is 0 Å². The number of nitro benzene ring substituents is 1. The van der Waals surface area contributed by atoms with Crippen molar-refractivity contribution in [1.82, 2.24) is 4.57 Å². The fourth-order valence-corrected chi connectivity index (χ4v) is 2.74. The van der Waals surface area contributed by atoms with Gasteiger partial charge in [-0.25, -0.2) is 0 Å². The zero-order valence-corrected chi connectivity index (χ0v) is 14.6. The third-order valence-corrected chi connectivity index (χ3v) is 4.17. The number of anilines is 1. The van der Waals surface area contributed by atoms with E-state index in [1.807, 2.05) is 18.2 Å². The summed E-state index contributed by atoms with van der Waals surface area (Å²) >= 11 is 0. The van der Waals surface area contributed by atoms with Crippen molar-refractivity contribution in [1.29, 1.82) is 0 Å². The number of carbonyl (C=O) groups excluding carboxylic acids is 1. The minimum Gasteiger partial charge on any atom is -0.311 e. The van der Waals surface area contributed by atoms with Crippen molar-refractivity contribution in [2.75, 3.05) is 11.9 Å². The normalized spacial score (nSPS) is 10.4. The molecule has 2 aromatic carbocycles. The molecule has 7 heteroatoms. The lowest BCUT2D eigenvalue weighted by Gasteiger charge is -2.17. The van der Waals surface area contributed by atoms with Crippen LogP contribution in [0.1, 0.15) is 15.9 Å². The van der Waals surface area contributed by atoms with Gasteiger partial charge in [0.2, 0.25) is 0 Å². The highest BCUT2D eigenvalue weighted by molar-refractivity contribution is 6.05. The maximum atomic E-state index is 12.8. The van der Waals surface area contributed by atoms with Gasteiger partial charge in [-0.15, -0.1) is 0 Å². The largest absolute Gasteiger partial charge is 0.311 e. The number of hydrogen-bond donors (Lipinski definition) is 0. The maximum absolute atomic E-state index is 12.8. The van der Waals surface area contributed by atoms with E-state index in [-0.39, 0.29) is 17.8 Å². The number of hydrogen-bond acceptors (Lipinski definition) is 4. The van der Waals surface area contributed by atoms with Crippen LogP contribution in [0.15, 0.2) is 77.7 Å². The van der Waals surface area contributed by atoms with Crippen molar-refractivity contribution < 1.29 is 9.72 Å². The third kappa shape index (κ3) is 3.92. The predicted octanol–water partition coefficient (Wildman–Crippen LogP) is 3.08. The third-order valence-electron chi connectivity index (χ3n) is 4.17. The van der Waals surface area contributed by atoms with Crippen LogP contribution >= 0.6 is 0 Å². The Morgan fingerprint density at radius 2 is 1.81 bits per heavy atom. The zero-order valence-electron chi connectivity index (χ0n) is 14.6. The number of para-hydroxylation sites is 1. The Bertz CT molecular complexity index is 1040. The minimum atomic E-state index is -0.485. The number of amides is 1. The maximum Gasteiger partial charge on any atom is 0.269 e. The van der Waals surface area contributed by atoms with Crippen molar-refractivity contribution in [3.05, 3.63) is 105 Å². The van der Waals surface area contributed by atoms with Gasteiger partial charge in [-0.05, 0) is 29.8 Å². The minimum absolute atomic E-state index is 0.0364. The topological polar surface area (TPSA) is 85.4 Å². The summed E-state index contributed by atoms with van der Waals surface area (Å²) in [5.41, 5.74) is 0.825. The molecule has 0 unspecified atom stereocenters. The molecule has 1 heterocycles. The molecule has 0 fully saturated rings. The molecule has 1 amide bonds. The van der Waals surface area contributed by atoms with E-state index in [1.165, 1.54) is 27.7 Å². The Balaban J connectivity index is 1.90. The molecule has 0 aliphatic rings. The van der Waals surface area contributed by atoms with Crippen molar-refractivity contribution in [2.24, 2.45) is 0 Å². The van der Waals surface area contributed by atoms with Crippen LogP contribution in [0.4, 0.5) is 11.4 Å². The average Bonchev–Trinajstić information content (AvgIpc) is 2.69. The first-order valence-corrected chi connectivity index (χ1v) is 8.23. The van der Waals surface area contributed by atoms with Gasteiger partial charge in [0.1, 0.15) is 5.56 Å². The van der Waals surface area contributed by atoms with Gasteiger partial charge in [0, 0.05) is 31.1 Å². The van der Waals surface area contributed by atoms with E-state index in [0.29, 0.717) is 11.3 Å². The van der Waals surface area contributed by atoms with Crippen LogP contribution in [-0.2, 0) is 6.54 Å². The van der Waals surface area contributed by atoms with E-state index in [9.17, 15) is 19.7 Å². The Morgan fingerprint density at radius 3 is 2.52 bits per heavy atom. The monoisotopic (exact) mass is 363 g/mol. The number of aromatic nitrogens is 1. The van der Waals surface area contributed by atoms with Gasteiger partial charge in [0.25, 0.3) is 17.2 Å². The summed E-state index contributed by atoms with van der Waals surface area (Å²) in [6.45, 7) is 0.136. The molecule has 136 valence electrons. The van der Waals surface area contributed by atoms with Crippen molar-refractivity contribution in [2.45, 2.75) is 6.54 Å².